The number of carbonyl (C=O) groups is 1. The summed E-state index contributed by atoms with van der Waals surface area (Å²) < 4.78 is 5.29. The van der Waals surface area contributed by atoms with Crippen LogP contribution in [0.3, 0.4) is 0 Å². The van der Waals surface area contributed by atoms with Crippen molar-refractivity contribution in [1.29, 1.82) is 0 Å². The van der Waals surface area contributed by atoms with Gasteiger partial charge >= 0.3 is 0 Å². The van der Waals surface area contributed by atoms with Gasteiger partial charge in [0.05, 0.1) is 5.69 Å². The van der Waals surface area contributed by atoms with Crippen molar-refractivity contribution < 1.29 is 9.32 Å². The lowest BCUT2D eigenvalue weighted by Gasteiger charge is -2.03. The Morgan fingerprint density at radius 1 is 1.07 bits per heavy atom. The largest absolute Gasteiger partial charge is 0.360 e. The Morgan fingerprint density at radius 2 is 1.83 bits per heavy atom. The predicted octanol–water partition coefficient (Wildman–Crippen LogP) is 5.98. The summed E-state index contributed by atoms with van der Waals surface area (Å²) in [6.07, 6.45) is 2.19. The molecule has 4 aromatic rings. The monoisotopic (exact) mass is 403 g/mol. The number of benzene rings is 2. The molecule has 0 aliphatic heterocycles. The molecule has 146 valence electrons. The van der Waals surface area contributed by atoms with E-state index in [1.807, 2.05) is 35.7 Å². The number of aromatic nitrogens is 2. The van der Waals surface area contributed by atoms with Crippen molar-refractivity contribution in [1.82, 2.24) is 10.1 Å². The van der Waals surface area contributed by atoms with Crippen molar-refractivity contribution in [3.63, 3.8) is 0 Å². The molecule has 0 saturated heterocycles. The fourth-order valence-electron chi connectivity index (χ4n) is 3.19. The number of nitrogens with zero attached hydrogens (tertiary/aromatic N) is 2. The van der Waals surface area contributed by atoms with E-state index in [4.69, 9.17) is 4.52 Å². The number of aryl methyl sites for hydroxylation is 2. The van der Waals surface area contributed by atoms with Crippen LogP contribution in [0.2, 0.25) is 0 Å². The SMILES string of the molecule is CCCc1ccc(-c2csc(NC(=O)c3c(-c4ccccc4)noc3C)n2)cc1. The number of hydrogen-bond donors (Lipinski definition) is 1. The number of anilines is 1. The molecule has 2 aromatic carbocycles. The van der Waals surface area contributed by atoms with Crippen molar-refractivity contribution in [3.05, 3.63) is 76.9 Å². The molecule has 0 aliphatic rings. The second-order valence-electron chi connectivity index (χ2n) is 6.77. The Morgan fingerprint density at radius 3 is 2.55 bits per heavy atom. The highest BCUT2D eigenvalue weighted by Crippen LogP contribution is 2.28. The first-order valence-electron chi connectivity index (χ1n) is 9.53. The highest BCUT2D eigenvalue weighted by atomic mass is 32.1. The normalized spacial score (nSPS) is 10.8. The van der Waals surface area contributed by atoms with Gasteiger partial charge in [-0.15, -0.1) is 11.3 Å². The molecule has 1 amide bonds. The van der Waals surface area contributed by atoms with Crippen LogP contribution in [0.5, 0.6) is 0 Å². The van der Waals surface area contributed by atoms with Gasteiger partial charge in [-0.25, -0.2) is 4.98 Å². The number of nitrogens with one attached hydrogen (secondary N) is 1. The van der Waals surface area contributed by atoms with E-state index in [2.05, 4.69) is 46.6 Å². The molecule has 0 unspecified atom stereocenters. The van der Waals surface area contributed by atoms with E-state index in [-0.39, 0.29) is 5.91 Å². The molecule has 0 bridgehead atoms. The first-order chi connectivity index (χ1) is 14.2. The summed E-state index contributed by atoms with van der Waals surface area (Å²) in [7, 11) is 0. The minimum absolute atomic E-state index is 0.276. The van der Waals surface area contributed by atoms with Crippen molar-refractivity contribution in [3.8, 4) is 22.5 Å². The Kier molecular flexibility index (Phi) is 5.53. The topological polar surface area (TPSA) is 68.0 Å². The number of hydrogen-bond acceptors (Lipinski definition) is 5. The molecule has 0 radical (unpaired) electrons. The minimum Gasteiger partial charge on any atom is -0.360 e. The van der Waals surface area contributed by atoms with Gasteiger partial charge in [0.25, 0.3) is 5.91 Å². The molecule has 29 heavy (non-hydrogen) atoms. The van der Waals surface area contributed by atoms with Gasteiger partial charge in [0.15, 0.2) is 5.13 Å². The van der Waals surface area contributed by atoms with Crippen LogP contribution < -0.4 is 5.32 Å². The molecular weight excluding hydrogens is 382 g/mol. The lowest BCUT2D eigenvalue weighted by Crippen LogP contribution is -2.13. The molecule has 4 rings (SSSR count). The molecule has 0 saturated carbocycles. The second-order valence-corrected chi connectivity index (χ2v) is 7.63. The van der Waals surface area contributed by atoms with Crippen LogP contribution in [0.4, 0.5) is 5.13 Å². The summed E-state index contributed by atoms with van der Waals surface area (Å²) in [6, 6.07) is 17.9. The van der Waals surface area contributed by atoms with E-state index in [0.29, 0.717) is 22.1 Å². The van der Waals surface area contributed by atoms with Crippen molar-refractivity contribution >= 4 is 22.4 Å². The van der Waals surface area contributed by atoms with E-state index in [1.54, 1.807) is 6.92 Å². The average Bonchev–Trinajstić information content (AvgIpc) is 3.36. The van der Waals surface area contributed by atoms with Crippen molar-refractivity contribution in [2.75, 3.05) is 5.32 Å². The third kappa shape index (κ3) is 4.12. The van der Waals surface area contributed by atoms with Gasteiger partial charge in [0.2, 0.25) is 0 Å². The molecular formula is C23H21N3O2S. The Labute approximate surface area is 173 Å². The van der Waals surface area contributed by atoms with Gasteiger partial charge in [0, 0.05) is 16.5 Å². The second kappa shape index (κ2) is 8.41. The van der Waals surface area contributed by atoms with E-state index >= 15 is 0 Å². The van der Waals surface area contributed by atoms with E-state index in [0.717, 1.165) is 29.7 Å². The number of amides is 1. The molecule has 2 aromatic heterocycles. The van der Waals surface area contributed by atoms with Crippen LogP contribution in [0.15, 0.2) is 64.5 Å². The van der Waals surface area contributed by atoms with E-state index in [1.165, 1.54) is 16.9 Å². The quantitative estimate of drug-likeness (QED) is 0.430. The smallest absolute Gasteiger partial charge is 0.263 e. The van der Waals surface area contributed by atoms with E-state index < -0.39 is 0 Å². The van der Waals surface area contributed by atoms with Gasteiger partial charge in [-0.1, -0.05) is 73.1 Å². The summed E-state index contributed by atoms with van der Waals surface area (Å²) >= 11 is 1.40. The number of thiazole rings is 1. The summed E-state index contributed by atoms with van der Waals surface area (Å²) in [5.74, 6) is 0.200. The zero-order valence-electron chi connectivity index (χ0n) is 16.3. The maximum Gasteiger partial charge on any atom is 0.263 e. The first-order valence-corrected chi connectivity index (χ1v) is 10.4. The van der Waals surface area contributed by atoms with Crippen molar-refractivity contribution in [2.45, 2.75) is 26.7 Å². The standard InChI is InChI=1S/C23H21N3O2S/c1-3-7-16-10-12-17(13-11-16)19-14-29-23(24-19)25-22(27)20-15(2)28-26-21(20)18-8-5-4-6-9-18/h4-6,8-14H,3,7H2,1-2H3,(H,24,25,27). The van der Waals surface area contributed by atoms with Gasteiger partial charge in [0.1, 0.15) is 17.0 Å². The third-order valence-electron chi connectivity index (χ3n) is 4.65. The minimum atomic E-state index is -0.276. The maximum absolute atomic E-state index is 12.9. The highest BCUT2D eigenvalue weighted by Gasteiger charge is 2.22. The molecule has 0 aliphatic carbocycles. The molecule has 0 fully saturated rings. The van der Waals surface area contributed by atoms with Gasteiger partial charge in [-0.3, -0.25) is 10.1 Å². The van der Waals surface area contributed by atoms with Crippen LogP contribution in [0.25, 0.3) is 22.5 Å². The highest BCUT2D eigenvalue weighted by molar-refractivity contribution is 7.14. The van der Waals surface area contributed by atoms with Gasteiger partial charge in [-0.2, -0.15) is 0 Å². The number of carbonyl (C=O) groups excluding carboxylic acids is 1. The Hall–Kier alpha value is -3.25. The molecule has 0 spiro atoms. The summed E-state index contributed by atoms with van der Waals surface area (Å²) in [6.45, 7) is 3.91. The molecule has 6 heteroatoms. The summed E-state index contributed by atoms with van der Waals surface area (Å²) in [5, 5.41) is 9.45. The van der Waals surface area contributed by atoms with Crippen LogP contribution >= 0.6 is 11.3 Å². The Balaban J connectivity index is 1.54. The lowest BCUT2D eigenvalue weighted by atomic mass is 10.1. The third-order valence-corrected chi connectivity index (χ3v) is 5.41. The molecule has 5 nitrogen and oxygen atoms in total. The zero-order valence-corrected chi connectivity index (χ0v) is 17.1. The van der Waals surface area contributed by atoms with Crippen LogP contribution in [-0.4, -0.2) is 16.0 Å². The fraction of sp³-hybridized carbons (Fsp3) is 0.174. The van der Waals surface area contributed by atoms with E-state index in [9.17, 15) is 4.79 Å². The first kappa shape index (κ1) is 19.1. The van der Waals surface area contributed by atoms with Crippen LogP contribution in [0.1, 0.15) is 35.0 Å². The van der Waals surface area contributed by atoms with Crippen LogP contribution in [0, 0.1) is 6.92 Å². The predicted molar refractivity (Wildman–Crippen MR) is 116 cm³/mol. The fourth-order valence-corrected chi connectivity index (χ4v) is 3.90. The molecule has 0 atom stereocenters. The molecule has 2 heterocycles. The Bertz CT molecular complexity index is 1110. The van der Waals surface area contributed by atoms with Gasteiger partial charge < -0.3 is 4.52 Å². The average molecular weight is 404 g/mol. The summed E-state index contributed by atoms with van der Waals surface area (Å²) in [4.78, 5) is 17.5. The lowest BCUT2D eigenvalue weighted by molar-refractivity contribution is 0.102. The van der Waals surface area contributed by atoms with Crippen molar-refractivity contribution in [2.24, 2.45) is 0 Å². The maximum atomic E-state index is 12.9. The zero-order chi connectivity index (χ0) is 20.2. The number of rotatable bonds is 6. The summed E-state index contributed by atoms with van der Waals surface area (Å²) in [5.41, 5.74) is 4.99. The van der Waals surface area contributed by atoms with Gasteiger partial charge in [-0.05, 0) is 18.9 Å². The van der Waals surface area contributed by atoms with Crippen LogP contribution in [-0.2, 0) is 6.42 Å². The molecule has 1 N–H and O–H groups in total.